The third kappa shape index (κ3) is 2.56. The van der Waals surface area contributed by atoms with Crippen molar-refractivity contribution in [1.82, 2.24) is 10.2 Å². The first-order chi connectivity index (χ1) is 10.5. The summed E-state index contributed by atoms with van der Waals surface area (Å²) in [5.41, 5.74) is 2.06. The summed E-state index contributed by atoms with van der Waals surface area (Å²) >= 11 is 0. The van der Waals surface area contributed by atoms with E-state index in [1.807, 2.05) is 31.2 Å². The molecule has 0 radical (unpaired) electrons. The number of hydrogen-bond acceptors (Lipinski definition) is 5. The third-order valence-electron chi connectivity index (χ3n) is 4.34. The monoisotopic (exact) mass is 320 g/mol. The van der Waals surface area contributed by atoms with Crippen molar-refractivity contribution in [3.05, 3.63) is 47.2 Å². The molecule has 0 N–H and O–H groups in total. The van der Waals surface area contributed by atoms with Gasteiger partial charge < -0.3 is 4.42 Å². The van der Waals surface area contributed by atoms with Crippen LogP contribution in [0.5, 0.6) is 0 Å². The second-order valence-electron chi connectivity index (χ2n) is 5.70. The SMILES string of the molecule is CCc1nnc([C@H](C)S(=O)(=O)[C@H]2CCCc3ccccc32)o1. The van der Waals surface area contributed by atoms with Gasteiger partial charge in [0.1, 0.15) is 5.25 Å². The molecule has 0 fully saturated rings. The van der Waals surface area contributed by atoms with E-state index in [-0.39, 0.29) is 5.89 Å². The number of aryl methyl sites for hydroxylation is 2. The average molecular weight is 320 g/mol. The largest absolute Gasteiger partial charge is 0.424 e. The van der Waals surface area contributed by atoms with Crippen LogP contribution in [0, 0.1) is 0 Å². The van der Waals surface area contributed by atoms with E-state index in [4.69, 9.17) is 4.42 Å². The fourth-order valence-corrected chi connectivity index (χ4v) is 4.96. The lowest BCUT2D eigenvalue weighted by Crippen LogP contribution is -2.23. The lowest BCUT2D eigenvalue weighted by molar-refractivity contribution is 0.446. The second kappa shape index (κ2) is 5.83. The zero-order chi connectivity index (χ0) is 15.7. The summed E-state index contributed by atoms with van der Waals surface area (Å²) in [6, 6.07) is 7.81. The minimum Gasteiger partial charge on any atom is -0.424 e. The van der Waals surface area contributed by atoms with E-state index < -0.39 is 20.3 Å². The molecule has 118 valence electrons. The molecule has 1 aromatic heterocycles. The first kappa shape index (κ1) is 15.2. The van der Waals surface area contributed by atoms with Crippen LogP contribution in [0.4, 0.5) is 0 Å². The van der Waals surface area contributed by atoms with E-state index >= 15 is 0 Å². The molecular weight excluding hydrogens is 300 g/mol. The number of nitrogens with zero attached hydrogens (tertiary/aromatic N) is 2. The number of sulfone groups is 1. The molecule has 3 rings (SSSR count). The standard InChI is InChI=1S/C16H20N2O3S/c1-3-15-17-18-16(21-15)11(2)22(19,20)14-10-6-8-12-7-4-5-9-13(12)14/h4-5,7,9,11,14H,3,6,8,10H2,1-2H3/t11-,14-/m0/s1. The summed E-state index contributed by atoms with van der Waals surface area (Å²) in [5, 5.41) is 6.52. The Labute approximate surface area is 130 Å². The summed E-state index contributed by atoms with van der Waals surface area (Å²) in [6.07, 6.45) is 3.08. The maximum absolute atomic E-state index is 13.0. The maximum Gasteiger partial charge on any atom is 0.234 e. The Bertz CT molecular complexity index is 767. The molecule has 1 aliphatic carbocycles. The van der Waals surface area contributed by atoms with Gasteiger partial charge in [-0.2, -0.15) is 0 Å². The van der Waals surface area contributed by atoms with E-state index in [1.165, 1.54) is 0 Å². The van der Waals surface area contributed by atoms with Crippen molar-refractivity contribution in [2.45, 2.75) is 50.0 Å². The summed E-state index contributed by atoms with van der Waals surface area (Å²) < 4.78 is 31.5. The molecule has 5 nitrogen and oxygen atoms in total. The van der Waals surface area contributed by atoms with Gasteiger partial charge in [-0.1, -0.05) is 31.2 Å². The van der Waals surface area contributed by atoms with E-state index in [0.717, 1.165) is 24.0 Å². The highest BCUT2D eigenvalue weighted by Crippen LogP contribution is 2.41. The number of fused-ring (bicyclic) bond motifs is 1. The Morgan fingerprint density at radius 3 is 2.82 bits per heavy atom. The molecule has 2 atom stereocenters. The highest BCUT2D eigenvalue weighted by Gasteiger charge is 2.38. The molecule has 0 amide bonds. The molecule has 1 aliphatic rings. The topological polar surface area (TPSA) is 73.1 Å². The van der Waals surface area contributed by atoms with Crippen LogP contribution in [0.2, 0.25) is 0 Å². The van der Waals surface area contributed by atoms with Crippen molar-refractivity contribution in [2.75, 3.05) is 0 Å². The van der Waals surface area contributed by atoms with E-state index in [1.54, 1.807) is 6.92 Å². The van der Waals surface area contributed by atoms with Crippen LogP contribution >= 0.6 is 0 Å². The molecule has 2 aromatic rings. The predicted molar refractivity (Wildman–Crippen MR) is 83.1 cm³/mol. The van der Waals surface area contributed by atoms with Gasteiger partial charge in [-0.15, -0.1) is 10.2 Å². The smallest absolute Gasteiger partial charge is 0.234 e. The third-order valence-corrected chi connectivity index (χ3v) is 6.81. The Kier molecular flexibility index (Phi) is 4.04. The van der Waals surface area contributed by atoms with Crippen molar-refractivity contribution in [3.8, 4) is 0 Å². The van der Waals surface area contributed by atoms with E-state index in [9.17, 15) is 8.42 Å². The fourth-order valence-electron chi connectivity index (χ4n) is 3.01. The van der Waals surface area contributed by atoms with Crippen LogP contribution in [0.3, 0.4) is 0 Å². The van der Waals surface area contributed by atoms with Crippen molar-refractivity contribution in [1.29, 1.82) is 0 Å². The first-order valence-corrected chi connectivity index (χ1v) is 9.27. The minimum atomic E-state index is -3.42. The molecule has 0 aliphatic heterocycles. The fraction of sp³-hybridized carbons (Fsp3) is 0.500. The van der Waals surface area contributed by atoms with Crippen LogP contribution in [0.15, 0.2) is 28.7 Å². The van der Waals surface area contributed by atoms with Crippen molar-refractivity contribution < 1.29 is 12.8 Å². The van der Waals surface area contributed by atoms with Crippen LogP contribution < -0.4 is 0 Å². The second-order valence-corrected chi connectivity index (χ2v) is 8.15. The van der Waals surface area contributed by atoms with Crippen LogP contribution in [0.25, 0.3) is 0 Å². The Morgan fingerprint density at radius 1 is 1.32 bits per heavy atom. The molecule has 1 heterocycles. The van der Waals surface area contributed by atoms with Gasteiger partial charge in [0.05, 0.1) is 5.25 Å². The molecule has 0 bridgehead atoms. The van der Waals surface area contributed by atoms with Crippen LogP contribution in [-0.4, -0.2) is 18.6 Å². The molecule has 0 spiro atoms. The average Bonchev–Trinajstić information content (AvgIpc) is 3.02. The normalized spacial score (nSPS) is 19.6. The van der Waals surface area contributed by atoms with Gasteiger partial charge in [-0.3, -0.25) is 0 Å². The zero-order valence-electron chi connectivity index (χ0n) is 12.8. The molecule has 0 saturated heterocycles. The van der Waals surface area contributed by atoms with Crippen LogP contribution in [-0.2, 0) is 22.7 Å². The molecule has 1 aromatic carbocycles. The van der Waals surface area contributed by atoms with Crippen molar-refractivity contribution in [3.63, 3.8) is 0 Å². The highest BCUT2D eigenvalue weighted by molar-refractivity contribution is 7.91. The molecule has 0 saturated carbocycles. The molecular formula is C16H20N2O3S. The van der Waals surface area contributed by atoms with Crippen LogP contribution in [0.1, 0.15) is 60.1 Å². The molecule has 22 heavy (non-hydrogen) atoms. The number of benzene rings is 1. The van der Waals surface area contributed by atoms with E-state index in [0.29, 0.717) is 18.7 Å². The summed E-state index contributed by atoms with van der Waals surface area (Å²) in [6.45, 7) is 3.54. The van der Waals surface area contributed by atoms with Crippen molar-refractivity contribution >= 4 is 9.84 Å². The lowest BCUT2D eigenvalue weighted by atomic mass is 9.91. The number of rotatable bonds is 4. The zero-order valence-corrected chi connectivity index (χ0v) is 13.6. The van der Waals surface area contributed by atoms with Gasteiger partial charge in [0.15, 0.2) is 9.84 Å². The lowest BCUT2D eigenvalue weighted by Gasteiger charge is -2.27. The predicted octanol–water partition coefficient (Wildman–Crippen LogP) is 3.19. The van der Waals surface area contributed by atoms with Gasteiger partial charge >= 0.3 is 0 Å². The van der Waals surface area contributed by atoms with Crippen molar-refractivity contribution in [2.24, 2.45) is 0 Å². The Morgan fingerprint density at radius 2 is 2.09 bits per heavy atom. The van der Waals surface area contributed by atoms with Gasteiger partial charge in [-0.05, 0) is 37.3 Å². The summed E-state index contributed by atoms with van der Waals surface area (Å²) in [5.74, 6) is 0.668. The maximum atomic E-state index is 13.0. The first-order valence-electron chi connectivity index (χ1n) is 7.66. The Hall–Kier alpha value is -1.69. The summed E-state index contributed by atoms with van der Waals surface area (Å²) in [4.78, 5) is 0. The van der Waals surface area contributed by atoms with E-state index in [2.05, 4.69) is 10.2 Å². The highest BCUT2D eigenvalue weighted by atomic mass is 32.2. The van der Waals surface area contributed by atoms with Gasteiger partial charge in [0.2, 0.25) is 11.8 Å². The Balaban J connectivity index is 1.96. The number of hydrogen-bond donors (Lipinski definition) is 0. The minimum absolute atomic E-state index is 0.194. The molecule has 0 unspecified atom stereocenters. The summed E-state index contributed by atoms with van der Waals surface area (Å²) in [7, 11) is -3.42. The van der Waals surface area contributed by atoms with Gasteiger partial charge in [0.25, 0.3) is 0 Å². The van der Waals surface area contributed by atoms with Gasteiger partial charge in [-0.25, -0.2) is 8.42 Å². The van der Waals surface area contributed by atoms with Gasteiger partial charge in [0, 0.05) is 6.42 Å². The number of aromatic nitrogens is 2. The quantitative estimate of drug-likeness (QED) is 0.865. The molecule has 6 heteroatoms.